The van der Waals surface area contributed by atoms with E-state index in [1.807, 2.05) is 0 Å². The zero-order chi connectivity index (χ0) is 21.1. The number of amides is 1. The number of rotatable bonds is 7. The number of carboxylic acid groups (broad SMARTS) is 1. The number of β-amino-alcohol motifs (C(OH)–C–C–N with tert-alkyl or cyclic N) is 1. The molecule has 0 bridgehead atoms. The molecule has 0 radical (unpaired) electrons. The zero-order valence-corrected chi connectivity index (χ0v) is 16.8. The van der Waals surface area contributed by atoms with E-state index in [1.54, 1.807) is 38.1 Å². The lowest BCUT2D eigenvalue weighted by Crippen LogP contribution is -2.38. The second-order valence-electron chi connectivity index (χ2n) is 7.55. The molecule has 1 aliphatic heterocycles. The highest BCUT2D eigenvalue weighted by molar-refractivity contribution is 8.20. The quantitative estimate of drug-likeness (QED) is 0.419. The van der Waals surface area contributed by atoms with Gasteiger partial charge in [-0.05, 0) is 17.7 Å². The third-order valence-electron chi connectivity index (χ3n) is 4.17. The third kappa shape index (κ3) is 6.06. The first-order valence-electron chi connectivity index (χ1n) is 8.58. The van der Waals surface area contributed by atoms with Gasteiger partial charge < -0.3 is 19.8 Å². The van der Waals surface area contributed by atoms with E-state index in [0.29, 0.717) is 5.56 Å². The SMILES string of the molecule is CN(CC(C)(C)COC(=O)c1ccc(CN2CC(O)NS2(O)O)cc1)C(=O)O. The summed E-state index contributed by atoms with van der Waals surface area (Å²) in [5.74, 6) is -0.528. The summed E-state index contributed by atoms with van der Waals surface area (Å²) in [4.78, 5) is 24.3. The van der Waals surface area contributed by atoms with Gasteiger partial charge in [-0.3, -0.25) is 9.11 Å². The summed E-state index contributed by atoms with van der Waals surface area (Å²) in [7, 11) is -1.75. The van der Waals surface area contributed by atoms with Crippen molar-refractivity contribution in [2.45, 2.75) is 26.6 Å². The molecule has 1 aliphatic rings. The third-order valence-corrected chi connectivity index (χ3v) is 5.75. The number of hydrogen-bond donors (Lipinski definition) is 5. The molecule has 158 valence electrons. The largest absolute Gasteiger partial charge is 0.465 e. The van der Waals surface area contributed by atoms with Gasteiger partial charge in [0, 0.05) is 25.6 Å². The van der Waals surface area contributed by atoms with Gasteiger partial charge in [-0.25, -0.2) is 9.59 Å². The molecule has 28 heavy (non-hydrogen) atoms. The van der Waals surface area contributed by atoms with Crippen molar-refractivity contribution in [2.75, 3.05) is 26.7 Å². The highest BCUT2D eigenvalue weighted by Gasteiger charge is 2.34. The molecular weight excluding hydrogens is 390 g/mol. The van der Waals surface area contributed by atoms with E-state index in [-0.39, 0.29) is 26.2 Å². The fourth-order valence-electron chi connectivity index (χ4n) is 2.80. The van der Waals surface area contributed by atoms with Crippen LogP contribution in [-0.2, 0) is 11.3 Å². The number of carbonyl (C=O) groups is 2. The highest BCUT2D eigenvalue weighted by Crippen LogP contribution is 2.44. The van der Waals surface area contributed by atoms with E-state index in [0.717, 1.165) is 10.5 Å². The molecule has 11 heteroatoms. The fourth-order valence-corrected chi connectivity index (χ4v) is 4.06. The van der Waals surface area contributed by atoms with Crippen LogP contribution in [0.3, 0.4) is 0 Å². The first-order valence-corrected chi connectivity index (χ1v) is 10.1. The molecule has 1 atom stereocenters. The van der Waals surface area contributed by atoms with Gasteiger partial charge in [0.2, 0.25) is 0 Å². The van der Waals surface area contributed by atoms with Gasteiger partial charge in [-0.1, -0.05) is 36.9 Å². The van der Waals surface area contributed by atoms with Crippen molar-refractivity contribution in [1.82, 2.24) is 13.9 Å². The molecule has 0 aliphatic carbocycles. The van der Waals surface area contributed by atoms with Crippen molar-refractivity contribution >= 4 is 23.0 Å². The van der Waals surface area contributed by atoms with Crippen LogP contribution in [-0.4, -0.2) is 73.6 Å². The molecule has 2 rings (SSSR count). The van der Waals surface area contributed by atoms with Gasteiger partial charge >= 0.3 is 12.1 Å². The Balaban J connectivity index is 1.90. The maximum atomic E-state index is 12.2. The highest BCUT2D eigenvalue weighted by atomic mass is 32.3. The summed E-state index contributed by atoms with van der Waals surface area (Å²) in [6, 6.07) is 6.47. The van der Waals surface area contributed by atoms with Crippen LogP contribution in [0.1, 0.15) is 29.8 Å². The van der Waals surface area contributed by atoms with Crippen molar-refractivity contribution in [2.24, 2.45) is 5.41 Å². The number of esters is 1. The van der Waals surface area contributed by atoms with E-state index in [1.165, 1.54) is 11.4 Å². The Morgan fingerprint density at radius 1 is 1.32 bits per heavy atom. The van der Waals surface area contributed by atoms with Gasteiger partial charge in [-0.15, -0.1) is 0 Å². The lowest BCUT2D eigenvalue weighted by Gasteiger charge is -2.35. The Morgan fingerprint density at radius 3 is 2.43 bits per heavy atom. The summed E-state index contributed by atoms with van der Waals surface area (Å²) >= 11 is 0. The van der Waals surface area contributed by atoms with E-state index in [9.17, 15) is 23.8 Å². The Bertz CT molecular complexity index is 711. The Morgan fingerprint density at radius 2 is 1.93 bits per heavy atom. The molecule has 0 saturated carbocycles. The molecular formula is C17H27N3O7S. The molecule has 1 unspecified atom stereocenters. The normalized spacial score (nSPS) is 20.6. The Hall–Kier alpha value is -1.89. The molecule has 1 amide bonds. The number of aliphatic hydroxyl groups is 1. The van der Waals surface area contributed by atoms with Crippen LogP contribution in [0.15, 0.2) is 24.3 Å². The second kappa shape index (κ2) is 8.64. The average molecular weight is 417 g/mol. The van der Waals surface area contributed by atoms with Crippen LogP contribution in [0.2, 0.25) is 0 Å². The summed E-state index contributed by atoms with van der Waals surface area (Å²) in [5.41, 5.74) is 0.522. The zero-order valence-electron chi connectivity index (χ0n) is 16.0. The minimum absolute atomic E-state index is 0.0590. The number of aliphatic hydroxyl groups excluding tert-OH is 1. The molecule has 0 spiro atoms. The molecule has 1 aromatic rings. The van der Waals surface area contributed by atoms with E-state index in [4.69, 9.17) is 9.84 Å². The fraction of sp³-hybridized carbons (Fsp3) is 0.529. The van der Waals surface area contributed by atoms with E-state index in [2.05, 4.69) is 4.72 Å². The van der Waals surface area contributed by atoms with E-state index < -0.39 is 34.7 Å². The predicted octanol–water partition coefficient (Wildman–Crippen LogP) is 1.78. The molecule has 5 N–H and O–H groups in total. The predicted molar refractivity (Wildman–Crippen MR) is 104 cm³/mol. The number of carbonyl (C=O) groups excluding carboxylic acids is 1. The van der Waals surface area contributed by atoms with E-state index >= 15 is 0 Å². The van der Waals surface area contributed by atoms with Crippen LogP contribution in [0.25, 0.3) is 0 Å². The van der Waals surface area contributed by atoms with Crippen molar-refractivity contribution in [3.8, 4) is 0 Å². The number of nitrogens with one attached hydrogen (secondary N) is 1. The second-order valence-corrected chi connectivity index (χ2v) is 9.34. The van der Waals surface area contributed by atoms with Crippen LogP contribution < -0.4 is 4.72 Å². The topological polar surface area (TPSA) is 143 Å². The average Bonchev–Trinajstić information content (AvgIpc) is 2.84. The number of hydrogen-bond acceptors (Lipinski definition) is 8. The van der Waals surface area contributed by atoms with Crippen molar-refractivity contribution in [3.05, 3.63) is 35.4 Å². The molecule has 1 saturated heterocycles. The first kappa shape index (κ1) is 22.4. The van der Waals surface area contributed by atoms with Gasteiger partial charge in [0.15, 0.2) is 0 Å². The minimum atomic E-state index is -3.21. The summed E-state index contributed by atoms with van der Waals surface area (Å²) in [6.45, 7) is 4.15. The van der Waals surface area contributed by atoms with Crippen LogP contribution in [0.4, 0.5) is 4.79 Å². The monoisotopic (exact) mass is 417 g/mol. The first-order chi connectivity index (χ1) is 12.9. The van der Waals surface area contributed by atoms with Crippen LogP contribution in [0.5, 0.6) is 0 Å². The molecule has 0 aromatic heterocycles. The smallest absolute Gasteiger partial charge is 0.407 e. The maximum Gasteiger partial charge on any atom is 0.407 e. The maximum absolute atomic E-state index is 12.2. The van der Waals surface area contributed by atoms with Crippen LogP contribution in [0, 0.1) is 5.41 Å². The van der Waals surface area contributed by atoms with Gasteiger partial charge in [0.1, 0.15) is 6.23 Å². The summed E-state index contributed by atoms with van der Waals surface area (Å²) < 4.78 is 28.6. The molecule has 1 heterocycles. The number of nitrogens with zero attached hydrogens (tertiary/aromatic N) is 2. The molecule has 10 nitrogen and oxygen atoms in total. The lowest BCUT2D eigenvalue weighted by atomic mass is 9.94. The summed E-state index contributed by atoms with van der Waals surface area (Å²) in [5, 5.41) is 18.4. The standard InChI is InChI=1S/C17H27N3O7S/c1-17(2,10-19(3)16(23)24)11-27-15(22)13-6-4-12(5-7-13)8-20-9-14(21)18-28(20,25)26/h4-7,14,18,21,25-26H,8-11H2,1-3H3,(H,23,24). The van der Waals surface area contributed by atoms with Gasteiger partial charge in [-0.2, -0.15) is 9.03 Å². The number of benzene rings is 1. The molecule has 1 fully saturated rings. The van der Waals surface area contributed by atoms with Gasteiger partial charge in [0.25, 0.3) is 0 Å². The van der Waals surface area contributed by atoms with Gasteiger partial charge in [0.05, 0.1) is 18.7 Å². The van der Waals surface area contributed by atoms with Crippen LogP contribution >= 0.6 is 11.0 Å². The van der Waals surface area contributed by atoms with Crippen molar-refractivity contribution in [1.29, 1.82) is 0 Å². The summed E-state index contributed by atoms with van der Waals surface area (Å²) in [6.07, 6.45) is -2.06. The lowest BCUT2D eigenvalue weighted by molar-refractivity contribution is 0.0290. The minimum Gasteiger partial charge on any atom is -0.465 e. The Kier molecular flexibility index (Phi) is 6.91. The number of ether oxygens (including phenoxy) is 1. The van der Waals surface area contributed by atoms with Crippen molar-refractivity contribution in [3.63, 3.8) is 0 Å². The Labute approximate surface area is 165 Å². The van der Waals surface area contributed by atoms with Crippen molar-refractivity contribution < 1.29 is 33.6 Å². The molecule has 1 aromatic carbocycles.